The summed E-state index contributed by atoms with van der Waals surface area (Å²) >= 11 is 0.285. The van der Waals surface area contributed by atoms with E-state index in [1.807, 2.05) is 13.0 Å². The Kier molecular flexibility index (Phi) is 7.30. The van der Waals surface area contributed by atoms with Gasteiger partial charge in [0.05, 0.1) is 0 Å². The fourth-order valence-corrected chi connectivity index (χ4v) is 4.46. The average molecular weight is 387 g/mol. The van der Waals surface area contributed by atoms with Gasteiger partial charge in [0.15, 0.2) is 0 Å². The Morgan fingerprint density at radius 3 is 2.00 bits per heavy atom. The Bertz CT molecular complexity index is 688. The first kappa shape index (κ1) is 18.5. The zero-order valence-electron chi connectivity index (χ0n) is 14.3. The van der Waals surface area contributed by atoms with Crippen LogP contribution < -0.4 is 8.92 Å². The van der Waals surface area contributed by atoms with Crippen molar-refractivity contribution in [3.05, 3.63) is 65.7 Å². The number of hydrogen-bond donors (Lipinski definition) is 1. The summed E-state index contributed by atoms with van der Waals surface area (Å²) in [7, 11) is 0. The van der Waals surface area contributed by atoms with E-state index in [0.717, 1.165) is 30.4 Å². The van der Waals surface area contributed by atoms with E-state index in [-0.39, 0.29) is 15.0 Å². The van der Waals surface area contributed by atoms with Gasteiger partial charge in [-0.15, -0.1) is 0 Å². The van der Waals surface area contributed by atoms with E-state index in [4.69, 9.17) is 0 Å². The Morgan fingerprint density at radius 2 is 1.46 bits per heavy atom. The molecular weight excluding hydrogens is 363 g/mol. The van der Waals surface area contributed by atoms with Crippen molar-refractivity contribution in [1.82, 2.24) is 0 Å². The van der Waals surface area contributed by atoms with Crippen molar-refractivity contribution < 1.29 is 9.90 Å². The van der Waals surface area contributed by atoms with Gasteiger partial charge in [-0.1, -0.05) is 0 Å². The van der Waals surface area contributed by atoms with Crippen LogP contribution in [0.5, 0.6) is 0 Å². The van der Waals surface area contributed by atoms with Crippen LogP contribution in [0, 0.1) is 0 Å². The van der Waals surface area contributed by atoms with Gasteiger partial charge in [0, 0.05) is 0 Å². The SMILES string of the molecule is CCC/C(C(=O)O)=C(\CCC)c1ccc([Se]c2ccccc2)cc1. The van der Waals surface area contributed by atoms with Gasteiger partial charge in [0.25, 0.3) is 0 Å². The van der Waals surface area contributed by atoms with Crippen LogP contribution in [-0.2, 0) is 4.79 Å². The fraction of sp³-hybridized carbons (Fsp3) is 0.286. The van der Waals surface area contributed by atoms with Crippen molar-refractivity contribution in [2.24, 2.45) is 0 Å². The summed E-state index contributed by atoms with van der Waals surface area (Å²) in [5, 5.41) is 9.56. The molecule has 2 rings (SSSR count). The molecule has 2 aromatic rings. The average Bonchev–Trinajstić information content (AvgIpc) is 2.59. The second-order valence-electron chi connectivity index (χ2n) is 5.70. The number of carboxylic acid groups (broad SMARTS) is 1. The number of carbonyl (C=O) groups is 1. The van der Waals surface area contributed by atoms with Crippen LogP contribution in [0.1, 0.15) is 45.1 Å². The summed E-state index contributed by atoms with van der Waals surface area (Å²) in [6.07, 6.45) is 3.24. The molecular formula is C21H24O2Se. The molecule has 0 bridgehead atoms. The molecule has 1 N–H and O–H groups in total. The summed E-state index contributed by atoms with van der Waals surface area (Å²) in [5.41, 5.74) is 2.61. The molecule has 0 unspecified atom stereocenters. The van der Waals surface area contributed by atoms with Crippen LogP contribution in [0.4, 0.5) is 0 Å². The van der Waals surface area contributed by atoms with E-state index >= 15 is 0 Å². The molecule has 0 saturated heterocycles. The van der Waals surface area contributed by atoms with Gasteiger partial charge >= 0.3 is 151 Å². The monoisotopic (exact) mass is 388 g/mol. The maximum absolute atomic E-state index is 11.6. The van der Waals surface area contributed by atoms with E-state index < -0.39 is 5.97 Å². The van der Waals surface area contributed by atoms with Crippen molar-refractivity contribution in [1.29, 1.82) is 0 Å². The molecule has 0 heterocycles. The van der Waals surface area contributed by atoms with Crippen molar-refractivity contribution >= 4 is 35.4 Å². The first-order valence-corrected chi connectivity index (χ1v) is 10.2. The quantitative estimate of drug-likeness (QED) is 0.553. The summed E-state index contributed by atoms with van der Waals surface area (Å²) in [4.78, 5) is 11.6. The first-order chi connectivity index (χ1) is 11.7. The van der Waals surface area contributed by atoms with Gasteiger partial charge in [0.2, 0.25) is 0 Å². The van der Waals surface area contributed by atoms with Crippen LogP contribution in [0.25, 0.3) is 5.57 Å². The summed E-state index contributed by atoms with van der Waals surface area (Å²) in [5.74, 6) is -0.780. The second-order valence-corrected chi connectivity index (χ2v) is 8.11. The Balaban J connectivity index is 2.28. The molecule has 2 aromatic carbocycles. The molecule has 0 radical (unpaired) electrons. The fourth-order valence-electron chi connectivity index (χ4n) is 2.71. The number of carboxylic acids is 1. The summed E-state index contributed by atoms with van der Waals surface area (Å²) in [6, 6.07) is 18.9. The van der Waals surface area contributed by atoms with E-state index in [9.17, 15) is 9.90 Å². The van der Waals surface area contributed by atoms with Crippen LogP contribution in [0.3, 0.4) is 0 Å². The zero-order chi connectivity index (χ0) is 17.4. The maximum atomic E-state index is 11.6. The van der Waals surface area contributed by atoms with E-state index in [0.29, 0.717) is 12.0 Å². The Labute approximate surface area is 150 Å². The molecule has 0 amide bonds. The van der Waals surface area contributed by atoms with Crippen LogP contribution in [0.2, 0.25) is 0 Å². The molecule has 3 heteroatoms. The van der Waals surface area contributed by atoms with Crippen LogP contribution in [0.15, 0.2) is 60.2 Å². The Hall–Kier alpha value is -1.83. The predicted molar refractivity (Wildman–Crippen MR) is 102 cm³/mol. The third-order valence-electron chi connectivity index (χ3n) is 3.80. The second kappa shape index (κ2) is 9.46. The third kappa shape index (κ3) is 5.09. The summed E-state index contributed by atoms with van der Waals surface area (Å²) < 4.78 is 2.65. The minimum absolute atomic E-state index is 0.285. The van der Waals surface area contributed by atoms with Crippen molar-refractivity contribution in [3.63, 3.8) is 0 Å². The first-order valence-electron chi connectivity index (χ1n) is 8.44. The number of allylic oxidation sites excluding steroid dienone is 1. The number of hydrogen-bond acceptors (Lipinski definition) is 1. The van der Waals surface area contributed by atoms with Crippen LogP contribution in [-0.4, -0.2) is 26.0 Å². The van der Waals surface area contributed by atoms with Crippen LogP contribution >= 0.6 is 0 Å². The number of rotatable bonds is 8. The third-order valence-corrected chi connectivity index (χ3v) is 5.94. The molecule has 0 atom stereocenters. The molecule has 24 heavy (non-hydrogen) atoms. The van der Waals surface area contributed by atoms with Gasteiger partial charge in [-0.3, -0.25) is 0 Å². The molecule has 2 nitrogen and oxygen atoms in total. The van der Waals surface area contributed by atoms with Gasteiger partial charge in [0.1, 0.15) is 0 Å². The van der Waals surface area contributed by atoms with E-state index in [1.54, 1.807) is 0 Å². The van der Waals surface area contributed by atoms with Crippen molar-refractivity contribution in [3.8, 4) is 0 Å². The standard InChI is InChI=1S/C21H24O2Se/c1-3-8-19(20(9-4-2)21(22)23)16-12-14-18(15-13-16)24-17-10-6-5-7-11-17/h5-7,10-15H,3-4,8-9H2,1-2H3,(H,22,23)/b20-19-. The van der Waals surface area contributed by atoms with Gasteiger partial charge < -0.3 is 0 Å². The summed E-state index contributed by atoms with van der Waals surface area (Å²) in [6.45, 7) is 4.12. The van der Waals surface area contributed by atoms with Crippen molar-refractivity contribution in [2.75, 3.05) is 0 Å². The predicted octanol–water partition coefficient (Wildman–Crippen LogP) is 3.78. The molecule has 0 aromatic heterocycles. The normalized spacial score (nSPS) is 11.9. The Morgan fingerprint density at radius 1 is 0.875 bits per heavy atom. The van der Waals surface area contributed by atoms with Gasteiger partial charge in [-0.2, -0.15) is 0 Å². The van der Waals surface area contributed by atoms with E-state index in [1.165, 1.54) is 8.92 Å². The number of aliphatic carboxylic acids is 1. The van der Waals surface area contributed by atoms with E-state index in [2.05, 4.69) is 55.5 Å². The molecule has 0 saturated carbocycles. The van der Waals surface area contributed by atoms with Gasteiger partial charge in [-0.05, 0) is 0 Å². The molecule has 0 spiro atoms. The topological polar surface area (TPSA) is 37.3 Å². The molecule has 0 aliphatic rings. The molecule has 0 aliphatic heterocycles. The van der Waals surface area contributed by atoms with Crippen molar-refractivity contribution in [2.45, 2.75) is 39.5 Å². The molecule has 0 fully saturated rings. The zero-order valence-corrected chi connectivity index (χ0v) is 16.0. The van der Waals surface area contributed by atoms with Gasteiger partial charge in [-0.25, -0.2) is 0 Å². The number of benzene rings is 2. The molecule has 126 valence electrons. The minimum atomic E-state index is -0.780. The molecule has 0 aliphatic carbocycles.